The zero-order valence-electron chi connectivity index (χ0n) is 10.0. The quantitative estimate of drug-likeness (QED) is 0.729. The Labute approximate surface area is 104 Å². The van der Waals surface area contributed by atoms with Crippen molar-refractivity contribution < 1.29 is 17.9 Å². The van der Waals surface area contributed by atoms with Gasteiger partial charge in [-0.15, -0.1) is 0 Å². The van der Waals surface area contributed by atoms with Crippen LogP contribution in [-0.4, -0.2) is 37.5 Å². The van der Waals surface area contributed by atoms with Crippen LogP contribution in [-0.2, 0) is 11.2 Å². The molecule has 0 amide bonds. The Balaban J connectivity index is 1.90. The van der Waals surface area contributed by atoms with Crippen molar-refractivity contribution in [2.24, 2.45) is 0 Å². The van der Waals surface area contributed by atoms with Crippen LogP contribution in [0, 0.1) is 0 Å². The minimum atomic E-state index is -4.23. The molecule has 1 rings (SSSR count). The van der Waals surface area contributed by atoms with E-state index >= 15 is 0 Å². The fourth-order valence-electron chi connectivity index (χ4n) is 1.37. The van der Waals surface area contributed by atoms with Gasteiger partial charge in [-0.1, -0.05) is 6.07 Å². The predicted octanol–water partition coefficient (Wildman–Crippen LogP) is 2.18. The highest BCUT2D eigenvalue weighted by atomic mass is 19.4. The van der Waals surface area contributed by atoms with E-state index in [9.17, 15) is 13.2 Å². The summed E-state index contributed by atoms with van der Waals surface area (Å²) in [5, 5.41) is 3.13. The summed E-state index contributed by atoms with van der Waals surface area (Å²) in [5.41, 5.74) is 0.998. The molecule has 18 heavy (non-hydrogen) atoms. The first kappa shape index (κ1) is 14.9. The third-order valence-electron chi connectivity index (χ3n) is 2.19. The molecule has 0 atom stereocenters. The SMILES string of the molecule is FC(F)(F)COCCCNCCc1ccccn1. The van der Waals surface area contributed by atoms with Gasteiger partial charge in [-0.3, -0.25) is 4.98 Å². The molecule has 6 heteroatoms. The van der Waals surface area contributed by atoms with Crippen molar-refractivity contribution in [3.8, 4) is 0 Å². The van der Waals surface area contributed by atoms with Crippen molar-refractivity contribution in [2.45, 2.75) is 19.0 Å². The van der Waals surface area contributed by atoms with Crippen LogP contribution in [0.2, 0.25) is 0 Å². The third kappa shape index (κ3) is 8.03. The van der Waals surface area contributed by atoms with Gasteiger partial charge in [0, 0.05) is 31.5 Å². The number of aromatic nitrogens is 1. The Morgan fingerprint density at radius 3 is 2.72 bits per heavy atom. The molecule has 0 saturated heterocycles. The van der Waals surface area contributed by atoms with Gasteiger partial charge in [0.05, 0.1) is 0 Å². The second-order valence-electron chi connectivity index (χ2n) is 3.84. The van der Waals surface area contributed by atoms with Gasteiger partial charge in [0.1, 0.15) is 6.61 Å². The van der Waals surface area contributed by atoms with Gasteiger partial charge in [0.15, 0.2) is 0 Å². The van der Waals surface area contributed by atoms with Crippen molar-refractivity contribution in [2.75, 3.05) is 26.3 Å². The summed E-state index contributed by atoms with van der Waals surface area (Å²) in [5.74, 6) is 0. The molecule has 0 fully saturated rings. The molecule has 0 aliphatic rings. The van der Waals surface area contributed by atoms with E-state index in [0.29, 0.717) is 13.0 Å². The molecule has 1 heterocycles. The normalized spacial score (nSPS) is 11.7. The number of hydrogen-bond acceptors (Lipinski definition) is 3. The lowest BCUT2D eigenvalue weighted by Crippen LogP contribution is -2.22. The van der Waals surface area contributed by atoms with E-state index in [1.807, 2.05) is 18.2 Å². The number of ether oxygens (including phenoxy) is 1. The van der Waals surface area contributed by atoms with Gasteiger partial charge in [-0.05, 0) is 25.1 Å². The number of nitrogens with one attached hydrogen (secondary N) is 1. The van der Waals surface area contributed by atoms with Crippen LogP contribution in [0.3, 0.4) is 0 Å². The average molecular weight is 262 g/mol. The Hall–Kier alpha value is -1.14. The number of halogens is 3. The van der Waals surface area contributed by atoms with Gasteiger partial charge in [-0.25, -0.2) is 0 Å². The summed E-state index contributed by atoms with van der Waals surface area (Å²) in [6.07, 6.45) is -1.12. The largest absolute Gasteiger partial charge is 0.411 e. The van der Waals surface area contributed by atoms with Gasteiger partial charge >= 0.3 is 6.18 Å². The van der Waals surface area contributed by atoms with E-state index in [1.54, 1.807) is 6.20 Å². The van der Waals surface area contributed by atoms with Crippen molar-refractivity contribution in [3.05, 3.63) is 30.1 Å². The molecular formula is C12H17F3N2O. The molecule has 1 aromatic heterocycles. The molecule has 0 spiro atoms. The lowest BCUT2D eigenvalue weighted by molar-refractivity contribution is -0.173. The summed E-state index contributed by atoms with van der Waals surface area (Å²) in [7, 11) is 0. The minimum absolute atomic E-state index is 0.121. The molecule has 102 valence electrons. The molecule has 3 nitrogen and oxygen atoms in total. The van der Waals surface area contributed by atoms with Crippen LogP contribution in [0.25, 0.3) is 0 Å². The standard InChI is InChI=1S/C12H17F3N2O/c13-12(14,15)10-18-9-3-6-16-8-5-11-4-1-2-7-17-11/h1-2,4,7,16H,3,5-6,8-10H2. The van der Waals surface area contributed by atoms with Crippen LogP contribution in [0.15, 0.2) is 24.4 Å². The zero-order chi connectivity index (χ0) is 13.3. The predicted molar refractivity (Wildman–Crippen MR) is 62.3 cm³/mol. The van der Waals surface area contributed by atoms with Gasteiger partial charge < -0.3 is 10.1 Å². The van der Waals surface area contributed by atoms with E-state index in [-0.39, 0.29) is 6.61 Å². The monoisotopic (exact) mass is 262 g/mol. The van der Waals surface area contributed by atoms with Crippen molar-refractivity contribution in [3.63, 3.8) is 0 Å². The minimum Gasteiger partial charge on any atom is -0.372 e. The second kappa shape index (κ2) is 8.05. The first-order chi connectivity index (χ1) is 8.58. The van der Waals surface area contributed by atoms with E-state index in [1.165, 1.54) is 0 Å². The number of hydrogen-bond donors (Lipinski definition) is 1. The maximum Gasteiger partial charge on any atom is 0.411 e. The topological polar surface area (TPSA) is 34.1 Å². The van der Waals surface area contributed by atoms with Crippen LogP contribution >= 0.6 is 0 Å². The molecule has 0 unspecified atom stereocenters. The maximum absolute atomic E-state index is 11.7. The molecule has 1 aromatic rings. The van der Waals surface area contributed by atoms with Gasteiger partial charge in [0.2, 0.25) is 0 Å². The van der Waals surface area contributed by atoms with E-state index in [0.717, 1.165) is 18.7 Å². The Morgan fingerprint density at radius 2 is 2.06 bits per heavy atom. The van der Waals surface area contributed by atoms with Crippen LogP contribution in [0.4, 0.5) is 13.2 Å². The Morgan fingerprint density at radius 1 is 1.22 bits per heavy atom. The molecule has 0 aliphatic heterocycles. The number of alkyl halides is 3. The van der Waals surface area contributed by atoms with Crippen molar-refractivity contribution >= 4 is 0 Å². The third-order valence-corrected chi connectivity index (χ3v) is 2.19. The maximum atomic E-state index is 11.7. The zero-order valence-corrected chi connectivity index (χ0v) is 10.0. The Kier molecular flexibility index (Phi) is 6.67. The molecule has 0 saturated carbocycles. The molecular weight excluding hydrogens is 245 g/mol. The number of rotatable bonds is 8. The average Bonchev–Trinajstić information content (AvgIpc) is 2.32. The summed E-state index contributed by atoms with van der Waals surface area (Å²) in [4.78, 5) is 4.16. The smallest absolute Gasteiger partial charge is 0.372 e. The van der Waals surface area contributed by atoms with Crippen LogP contribution in [0.5, 0.6) is 0 Å². The van der Waals surface area contributed by atoms with E-state index in [2.05, 4.69) is 15.0 Å². The summed E-state index contributed by atoms with van der Waals surface area (Å²) in [6, 6.07) is 5.72. The highest BCUT2D eigenvalue weighted by Gasteiger charge is 2.27. The first-order valence-corrected chi connectivity index (χ1v) is 5.83. The van der Waals surface area contributed by atoms with E-state index < -0.39 is 12.8 Å². The molecule has 0 aromatic carbocycles. The molecule has 1 N–H and O–H groups in total. The molecule has 0 aliphatic carbocycles. The van der Waals surface area contributed by atoms with Gasteiger partial charge in [0.25, 0.3) is 0 Å². The van der Waals surface area contributed by atoms with Crippen molar-refractivity contribution in [1.82, 2.24) is 10.3 Å². The Bertz CT molecular complexity index is 317. The van der Waals surface area contributed by atoms with Crippen LogP contribution < -0.4 is 5.32 Å². The lowest BCUT2D eigenvalue weighted by atomic mass is 10.3. The van der Waals surface area contributed by atoms with Gasteiger partial charge in [-0.2, -0.15) is 13.2 Å². The number of nitrogens with zero attached hydrogens (tertiary/aromatic N) is 1. The highest BCUT2D eigenvalue weighted by Crippen LogP contribution is 2.14. The second-order valence-corrected chi connectivity index (χ2v) is 3.84. The van der Waals surface area contributed by atoms with Crippen molar-refractivity contribution in [1.29, 1.82) is 0 Å². The molecule has 0 bridgehead atoms. The van der Waals surface area contributed by atoms with Crippen LogP contribution in [0.1, 0.15) is 12.1 Å². The summed E-state index contributed by atoms with van der Waals surface area (Å²) < 4.78 is 39.7. The molecule has 0 radical (unpaired) electrons. The number of pyridine rings is 1. The van der Waals surface area contributed by atoms with E-state index in [4.69, 9.17) is 0 Å². The highest BCUT2D eigenvalue weighted by molar-refractivity contribution is 5.03. The fraction of sp³-hybridized carbons (Fsp3) is 0.583. The fourth-order valence-corrected chi connectivity index (χ4v) is 1.37. The summed E-state index contributed by atoms with van der Waals surface area (Å²) >= 11 is 0. The lowest BCUT2D eigenvalue weighted by Gasteiger charge is -2.08. The first-order valence-electron chi connectivity index (χ1n) is 5.83. The summed E-state index contributed by atoms with van der Waals surface area (Å²) in [6.45, 7) is 0.359.